The van der Waals surface area contributed by atoms with Gasteiger partial charge in [-0.2, -0.15) is 0 Å². The van der Waals surface area contributed by atoms with Gasteiger partial charge >= 0.3 is 0 Å². The van der Waals surface area contributed by atoms with Crippen molar-refractivity contribution in [3.05, 3.63) is 35.9 Å². The molecular weight excluding hydrogens is 300 g/mol. The summed E-state index contributed by atoms with van der Waals surface area (Å²) in [5.41, 5.74) is 0.964. The zero-order valence-electron chi connectivity index (χ0n) is 15.7. The first kappa shape index (κ1) is 20.2. The van der Waals surface area contributed by atoms with Gasteiger partial charge < -0.3 is 10.6 Å². The van der Waals surface area contributed by atoms with E-state index in [-0.39, 0.29) is 22.9 Å². The summed E-state index contributed by atoms with van der Waals surface area (Å²) in [6.45, 7) is 9.86. The van der Waals surface area contributed by atoms with E-state index in [2.05, 4.69) is 10.6 Å². The lowest BCUT2D eigenvalue weighted by molar-refractivity contribution is -0.149. The number of hydrogen-bond acceptors (Lipinski definition) is 2. The molecule has 2 N–H and O–H groups in total. The molecule has 1 aromatic rings. The van der Waals surface area contributed by atoms with Crippen molar-refractivity contribution in [2.24, 2.45) is 0 Å². The monoisotopic (exact) mass is 332 g/mol. The molecule has 4 rings (SSSR count). The molecule has 3 saturated carbocycles. The minimum Gasteiger partial charge on any atom is -0.350 e. The molecule has 3 fully saturated rings. The van der Waals surface area contributed by atoms with Crippen LogP contribution in [0.1, 0.15) is 65.9 Å². The molecule has 2 amide bonds. The Morgan fingerprint density at radius 1 is 0.875 bits per heavy atom. The van der Waals surface area contributed by atoms with Gasteiger partial charge in [0.05, 0.1) is 6.42 Å². The van der Waals surface area contributed by atoms with E-state index >= 15 is 0 Å². The Kier molecular flexibility index (Phi) is 7.46. The molecule has 4 nitrogen and oxygen atoms in total. The number of nitrogens with one attached hydrogen (secondary N) is 2. The first-order chi connectivity index (χ1) is 11.5. The minimum atomic E-state index is -0.0487. The molecule has 134 valence electrons. The maximum absolute atomic E-state index is 12.0. The maximum Gasteiger partial charge on any atom is 0.224 e. The van der Waals surface area contributed by atoms with Crippen LogP contribution in [-0.4, -0.2) is 22.9 Å². The topological polar surface area (TPSA) is 58.2 Å². The van der Waals surface area contributed by atoms with E-state index in [1.165, 1.54) is 0 Å². The lowest BCUT2D eigenvalue weighted by Gasteiger charge is -2.70. The van der Waals surface area contributed by atoms with E-state index in [1.54, 1.807) is 0 Å². The average Bonchev–Trinajstić information content (AvgIpc) is 2.56. The standard InChI is InChI=1S/C16H20N2O2.2C2H6/c1-2-13(19)17-15-9-16(10-15,11-15)18-14(20)8-12-6-4-3-5-7-12;2*1-2/h3-7H,2,8-11H2,1H3,(H,17,19)(H,18,20);2*1-2H3. The third-order valence-corrected chi connectivity index (χ3v) is 4.37. The Bertz CT molecular complexity index is 520. The minimum absolute atomic E-state index is 0.0207. The predicted octanol–water partition coefficient (Wildman–Crippen LogP) is 3.60. The summed E-state index contributed by atoms with van der Waals surface area (Å²) in [4.78, 5) is 23.4. The second-order valence-corrected chi connectivity index (χ2v) is 6.20. The summed E-state index contributed by atoms with van der Waals surface area (Å²) in [6.07, 6.45) is 3.59. The average molecular weight is 332 g/mol. The van der Waals surface area contributed by atoms with Crippen LogP contribution in [0.15, 0.2) is 30.3 Å². The van der Waals surface area contributed by atoms with E-state index in [0.717, 1.165) is 24.8 Å². The lowest BCUT2D eigenvalue weighted by atomic mass is 9.44. The van der Waals surface area contributed by atoms with Gasteiger partial charge in [-0.1, -0.05) is 65.0 Å². The fourth-order valence-corrected chi connectivity index (χ4v) is 3.56. The van der Waals surface area contributed by atoms with Crippen molar-refractivity contribution < 1.29 is 9.59 Å². The Labute approximate surface area is 146 Å². The number of carbonyl (C=O) groups excluding carboxylic acids is 2. The Morgan fingerprint density at radius 2 is 1.33 bits per heavy atom. The normalized spacial score (nSPS) is 25.4. The van der Waals surface area contributed by atoms with Crippen LogP contribution in [0.3, 0.4) is 0 Å². The van der Waals surface area contributed by atoms with Crippen LogP contribution in [0.5, 0.6) is 0 Å². The van der Waals surface area contributed by atoms with Crippen LogP contribution in [0.4, 0.5) is 0 Å². The van der Waals surface area contributed by atoms with Crippen LogP contribution >= 0.6 is 0 Å². The maximum atomic E-state index is 12.0. The number of carbonyl (C=O) groups is 2. The molecule has 0 spiro atoms. The fourth-order valence-electron chi connectivity index (χ4n) is 3.56. The first-order valence-corrected chi connectivity index (χ1v) is 9.21. The number of amides is 2. The van der Waals surface area contributed by atoms with Gasteiger partial charge in [-0.15, -0.1) is 0 Å². The van der Waals surface area contributed by atoms with Crippen LogP contribution in [0.2, 0.25) is 0 Å². The summed E-state index contributed by atoms with van der Waals surface area (Å²) in [7, 11) is 0. The summed E-state index contributed by atoms with van der Waals surface area (Å²) in [5, 5.41) is 6.20. The van der Waals surface area contributed by atoms with Crippen molar-refractivity contribution >= 4 is 11.8 Å². The van der Waals surface area contributed by atoms with E-state index < -0.39 is 0 Å². The highest BCUT2D eigenvalue weighted by atomic mass is 16.2. The molecule has 0 saturated heterocycles. The van der Waals surface area contributed by atoms with Crippen LogP contribution in [-0.2, 0) is 16.0 Å². The molecule has 4 heteroatoms. The van der Waals surface area contributed by atoms with Crippen molar-refractivity contribution in [1.29, 1.82) is 0 Å². The number of hydrogen-bond donors (Lipinski definition) is 2. The zero-order chi connectivity index (χ0) is 18.2. The van der Waals surface area contributed by atoms with E-state index in [0.29, 0.717) is 12.8 Å². The van der Waals surface area contributed by atoms with Crippen molar-refractivity contribution in [3.8, 4) is 0 Å². The molecule has 0 heterocycles. The van der Waals surface area contributed by atoms with Crippen molar-refractivity contribution in [2.45, 2.75) is 77.8 Å². The number of rotatable bonds is 5. The summed E-state index contributed by atoms with van der Waals surface area (Å²) < 4.78 is 0. The van der Waals surface area contributed by atoms with Crippen molar-refractivity contribution in [3.63, 3.8) is 0 Å². The highest BCUT2D eigenvalue weighted by molar-refractivity contribution is 5.81. The Morgan fingerprint density at radius 3 is 1.79 bits per heavy atom. The highest BCUT2D eigenvalue weighted by Gasteiger charge is 2.69. The van der Waals surface area contributed by atoms with Gasteiger partial charge in [-0.05, 0) is 24.8 Å². The second-order valence-electron chi connectivity index (χ2n) is 6.20. The predicted molar refractivity (Wildman–Crippen MR) is 98.7 cm³/mol. The van der Waals surface area contributed by atoms with Gasteiger partial charge in [0.1, 0.15) is 0 Å². The second kappa shape index (κ2) is 8.86. The first-order valence-electron chi connectivity index (χ1n) is 9.21. The molecule has 1 aromatic carbocycles. The molecule has 0 radical (unpaired) electrons. The van der Waals surface area contributed by atoms with Gasteiger partial charge in [-0.25, -0.2) is 0 Å². The third-order valence-electron chi connectivity index (χ3n) is 4.37. The van der Waals surface area contributed by atoms with Gasteiger partial charge in [0, 0.05) is 17.5 Å². The molecule has 0 aromatic heterocycles. The lowest BCUT2D eigenvalue weighted by Crippen LogP contribution is -2.83. The van der Waals surface area contributed by atoms with Gasteiger partial charge in [0.2, 0.25) is 11.8 Å². The smallest absolute Gasteiger partial charge is 0.224 e. The largest absolute Gasteiger partial charge is 0.350 e. The van der Waals surface area contributed by atoms with Gasteiger partial charge in [0.15, 0.2) is 0 Å². The molecule has 2 bridgehead atoms. The third kappa shape index (κ3) is 4.59. The van der Waals surface area contributed by atoms with E-state index in [1.807, 2.05) is 65.0 Å². The highest BCUT2D eigenvalue weighted by Crippen LogP contribution is 2.60. The quantitative estimate of drug-likeness (QED) is 0.865. The van der Waals surface area contributed by atoms with Crippen LogP contribution in [0.25, 0.3) is 0 Å². The van der Waals surface area contributed by atoms with Crippen molar-refractivity contribution in [1.82, 2.24) is 10.6 Å². The van der Waals surface area contributed by atoms with E-state index in [4.69, 9.17) is 0 Å². The fraction of sp³-hybridized carbons (Fsp3) is 0.600. The Balaban J connectivity index is 0.000000671. The van der Waals surface area contributed by atoms with Crippen molar-refractivity contribution in [2.75, 3.05) is 0 Å². The Hall–Kier alpha value is -1.84. The van der Waals surface area contributed by atoms with Crippen LogP contribution in [0, 0.1) is 0 Å². The molecular formula is C20H32N2O2. The molecule has 3 aliphatic rings. The van der Waals surface area contributed by atoms with Gasteiger partial charge in [0.25, 0.3) is 0 Å². The molecule has 3 aliphatic carbocycles. The van der Waals surface area contributed by atoms with Crippen LogP contribution < -0.4 is 10.6 Å². The van der Waals surface area contributed by atoms with E-state index in [9.17, 15) is 9.59 Å². The number of benzene rings is 1. The summed E-state index contributed by atoms with van der Waals surface area (Å²) >= 11 is 0. The molecule has 24 heavy (non-hydrogen) atoms. The summed E-state index contributed by atoms with van der Waals surface area (Å²) in [6, 6.07) is 9.76. The molecule has 0 atom stereocenters. The molecule has 0 unspecified atom stereocenters. The SMILES string of the molecule is CC.CC.CCC(=O)NC12CC(NC(=O)Cc3ccccc3)(C1)C2. The summed E-state index contributed by atoms with van der Waals surface area (Å²) in [5.74, 6) is 0.181. The van der Waals surface area contributed by atoms with Gasteiger partial charge in [-0.3, -0.25) is 9.59 Å². The zero-order valence-corrected chi connectivity index (χ0v) is 15.7. The molecule has 0 aliphatic heterocycles.